The van der Waals surface area contributed by atoms with Crippen molar-refractivity contribution >= 4 is 11.4 Å². The van der Waals surface area contributed by atoms with Crippen molar-refractivity contribution in [3.05, 3.63) is 33.2 Å². The summed E-state index contributed by atoms with van der Waals surface area (Å²) < 4.78 is 5.36. The lowest BCUT2D eigenvalue weighted by Crippen LogP contribution is -2.55. The molecule has 1 heterocycles. The zero-order chi connectivity index (χ0) is 20.2. The summed E-state index contributed by atoms with van der Waals surface area (Å²) in [6, 6.07) is 5.04. The average molecular weight is 378 g/mol. The van der Waals surface area contributed by atoms with Crippen LogP contribution in [0.5, 0.6) is 5.75 Å². The molecule has 1 saturated heterocycles. The molecular weight excluding hydrogens is 348 g/mol. The van der Waals surface area contributed by atoms with Crippen LogP contribution in [0.1, 0.15) is 40.5 Å². The molecular formula is C19H30N4O4. The molecule has 1 N–H and O–H groups in total. The number of piperidine rings is 1. The van der Waals surface area contributed by atoms with Crippen LogP contribution in [0.3, 0.4) is 0 Å². The molecule has 0 unspecified atom stereocenters. The summed E-state index contributed by atoms with van der Waals surface area (Å²) in [5.74, 6) is 0.812. The van der Waals surface area contributed by atoms with Gasteiger partial charge in [0, 0.05) is 31.2 Å². The Bertz CT molecular complexity index is 670. The van der Waals surface area contributed by atoms with Crippen molar-refractivity contribution < 1.29 is 9.66 Å². The van der Waals surface area contributed by atoms with E-state index in [1.807, 2.05) is 13.8 Å². The fourth-order valence-corrected chi connectivity index (χ4v) is 3.85. The first-order chi connectivity index (χ1) is 12.7. The molecule has 0 spiro atoms. The predicted molar refractivity (Wildman–Crippen MR) is 107 cm³/mol. The SMILES string of the molecule is COc1cc([N+](=O)[O-])ccc1N1CCC(N[C@@H](C(C)C)C(C)(C)N=O)CC1. The van der Waals surface area contributed by atoms with Crippen molar-refractivity contribution in [2.75, 3.05) is 25.1 Å². The lowest BCUT2D eigenvalue weighted by molar-refractivity contribution is -0.384. The van der Waals surface area contributed by atoms with Crippen molar-refractivity contribution in [2.45, 2.75) is 58.2 Å². The van der Waals surface area contributed by atoms with E-state index >= 15 is 0 Å². The molecule has 0 bridgehead atoms. The molecule has 1 aromatic carbocycles. The number of nitrogens with one attached hydrogen (secondary N) is 1. The highest BCUT2D eigenvalue weighted by Gasteiger charge is 2.35. The molecule has 8 heteroatoms. The monoisotopic (exact) mass is 378 g/mol. The van der Waals surface area contributed by atoms with Crippen molar-refractivity contribution in [1.29, 1.82) is 0 Å². The summed E-state index contributed by atoms with van der Waals surface area (Å²) in [7, 11) is 1.53. The number of methoxy groups -OCH3 is 1. The first kappa shape index (κ1) is 21.1. The molecule has 0 saturated carbocycles. The van der Waals surface area contributed by atoms with E-state index in [-0.39, 0.29) is 11.7 Å². The Hall–Kier alpha value is -2.22. The van der Waals surface area contributed by atoms with Crippen LogP contribution in [0.25, 0.3) is 0 Å². The predicted octanol–water partition coefficient (Wildman–Crippen LogP) is 3.73. The van der Waals surface area contributed by atoms with E-state index in [1.165, 1.54) is 19.2 Å². The Labute approximate surface area is 160 Å². The third-order valence-corrected chi connectivity index (χ3v) is 5.29. The Balaban J connectivity index is 2.05. The maximum atomic E-state index is 11.2. The Morgan fingerprint density at radius 3 is 2.44 bits per heavy atom. The maximum Gasteiger partial charge on any atom is 0.273 e. The summed E-state index contributed by atoms with van der Waals surface area (Å²) in [6.07, 6.45) is 1.83. The van der Waals surface area contributed by atoms with Crippen LogP contribution in [0.2, 0.25) is 0 Å². The van der Waals surface area contributed by atoms with Crippen LogP contribution in [-0.2, 0) is 0 Å². The van der Waals surface area contributed by atoms with Crippen molar-refractivity contribution in [3.63, 3.8) is 0 Å². The number of ether oxygens (including phenoxy) is 1. The van der Waals surface area contributed by atoms with Gasteiger partial charge in [-0.2, -0.15) is 4.91 Å². The number of hydrogen-bond acceptors (Lipinski definition) is 7. The summed E-state index contributed by atoms with van der Waals surface area (Å²) >= 11 is 0. The molecule has 0 amide bonds. The smallest absolute Gasteiger partial charge is 0.273 e. The molecule has 27 heavy (non-hydrogen) atoms. The second-order valence-corrected chi connectivity index (χ2v) is 8.01. The zero-order valence-corrected chi connectivity index (χ0v) is 16.8. The van der Waals surface area contributed by atoms with Gasteiger partial charge in [0.2, 0.25) is 0 Å². The van der Waals surface area contributed by atoms with Gasteiger partial charge < -0.3 is 15.0 Å². The molecule has 0 aromatic heterocycles. The highest BCUT2D eigenvalue weighted by molar-refractivity contribution is 5.62. The second-order valence-electron chi connectivity index (χ2n) is 8.01. The number of hydrogen-bond donors (Lipinski definition) is 1. The van der Waals surface area contributed by atoms with E-state index in [9.17, 15) is 15.0 Å². The summed E-state index contributed by atoms with van der Waals surface area (Å²) in [5.41, 5.74) is 0.236. The third kappa shape index (κ3) is 4.94. The average Bonchev–Trinajstić information content (AvgIpc) is 2.65. The first-order valence-corrected chi connectivity index (χ1v) is 9.37. The molecule has 1 aromatic rings. The zero-order valence-electron chi connectivity index (χ0n) is 16.8. The molecule has 1 aliphatic rings. The van der Waals surface area contributed by atoms with Gasteiger partial charge >= 0.3 is 0 Å². The van der Waals surface area contributed by atoms with Gasteiger partial charge in [0.05, 0.1) is 23.8 Å². The largest absolute Gasteiger partial charge is 0.494 e. The van der Waals surface area contributed by atoms with E-state index in [0.717, 1.165) is 31.6 Å². The minimum atomic E-state index is -0.660. The van der Waals surface area contributed by atoms with Gasteiger partial charge in [-0.3, -0.25) is 10.1 Å². The molecule has 1 atom stereocenters. The second kappa shape index (κ2) is 8.65. The molecule has 8 nitrogen and oxygen atoms in total. The van der Waals surface area contributed by atoms with Gasteiger partial charge in [-0.05, 0) is 38.7 Å². The quantitative estimate of drug-likeness (QED) is 0.420. The van der Waals surface area contributed by atoms with Gasteiger partial charge in [0.25, 0.3) is 5.69 Å². The van der Waals surface area contributed by atoms with E-state index in [4.69, 9.17) is 4.74 Å². The molecule has 0 aliphatic carbocycles. The van der Waals surface area contributed by atoms with Crippen LogP contribution in [0.4, 0.5) is 11.4 Å². The van der Waals surface area contributed by atoms with Crippen LogP contribution < -0.4 is 15.0 Å². The number of nitroso groups, excluding NO2 is 1. The number of anilines is 1. The van der Waals surface area contributed by atoms with E-state index in [1.54, 1.807) is 6.07 Å². The first-order valence-electron chi connectivity index (χ1n) is 9.37. The fraction of sp³-hybridized carbons (Fsp3) is 0.684. The lowest BCUT2D eigenvalue weighted by Gasteiger charge is -2.40. The van der Waals surface area contributed by atoms with Crippen molar-refractivity contribution in [1.82, 2.24) is 5.32 Å². The maximum absolute atomic E-state index is 11.2. The lowest BCUT2D eigenvalue weighted by atomic mass is 9.85. The minimum Gasteiger partial charge on any atom is -0.494 e. The molecule has 0 radical (unpaired) electrons. The number of nitro benzene ring substituents is 1. The number of non-ortho nitro benzene ring substituents is 1. The number of rotatable bonds is 8. The normalized spacial score (nSPS) is 17.0. The van der Waals surface area contributed by atoms with Crippen LogP contribution in [-0.4, -0.2) is 42.7 Å². The number of nitrogens with zero attached hydrogens (tertiary/aromatic N) is 3. The van der Waals surface area contributed by atoms with Gasteiger partial charge in [0.15, 0.2) is 0 Å². The van der Waals surface area contributed by atoms with Crippen LogP contribution in [0.15, 0.2) is 23.4 Å². The Morgan fingerprint density at radius 1 is 1.33 bits per heavy atom. The number of benzene rings is 1. The van der Waals surface area contributed by atoms with Gasteiger partial charge in [0.1, 0.15) is 11.3 Å². The summed E-state index contributed by atoms with van der Waals surface area (Å²) in [4.78, 5) is 24.0. The van der Waals surface area contributed by atoms with Crippen molar-refractivity contribution in [3.8, 4) is 5.75 Å². The van der Waals surface area contributed by atoms with Gasteiger partial charge in [-0.15, -0.1) is 0 Å². The summed E-state index contributed by atoms with van der Waals surface area (Å²) in [5, 5.41) is 17.9. The van der Waals surface area contributed by atoms with Crippen LogP contribution >= 0.6 is 0 Å². The summed E-state index contributed by atoms with van der Waals surface area (Å²) in [6.45, 7) is 9.56. The van der Waals surface area contributed by atoms with Gasteiger partial charge in [-0.1, -0.05) is 19.0 Å². The third-order valence-electron chi connectivity index (χ3n) is 5.29. The fourth-order valence-electron chi connectivity index (χ4n) is 3.85. The highest BCUT2D eigenvalue weighted by atomic mass is 16.6. The minimum absolute atomic E-state index is 0.0143. The molecule has 2 rings (SSSR count). The molecule has 1 fully saturated rings. The molecule has 1 aliphatic heterocycles. The van der Waals surface area contributed by atoms with E-state index in [2.05, 4.69) is 29.2 Å². The molecule has 150 valence electrons. The standard InChI is InChI=1S/C19H30N4O4/c1-13(2)18(19(3,4)21-24)20-14-8-10-22(11-9-14)16-7-6-15(23(25)26)12-17(16)27-5/h6-7,12-14,18,20H,8-11H2,1-5H3/t18-/m0/s1. The Morgan fingerprint density at radius 2 is 1.96 bits per heavy atom. The van der Waals surface area contributed by atoms with Crippen molar-refractivity contribution in [2.24, 2.45) is 11.1 Å². The van der Waals surface area contributed by atoms with E-state index in [0.29, 0.717) is 17.7 Å². The topological polar surface area (TPSA) is 97.1 Å². The highest BCUT2D eigenvalue weighted by Crippen LogP contribution is 2.34. The van der Waals surface area contributed by atoms with Crippen LogP contribution in [0, 0.1) is 20.9 Å². The van der Waals surface area contributed by atoms with E-state index < -0.39 is 10.5 Å². The van der Waals surface area contributed by atoms with Gasteiger partial charge in [-0.25, -0.2) is 0 Å². The Kier molecular flexibility index (Phi) is 6.75. The number of nitro groups is 1.